The van der Waals surface area contributed by atoms with Crippen LogP contribution in [0.25, 0.3) is 0 Å². The number of rotatable bonds is 2. The Labute approximate surface area is 98.8 Å². The SMILES string of the molecule is CNC1(C#N)CCC(N2CCCC2(C)C)C1. The van der Waals surface area contributed by atoms with Gasteiger partial charge < -0.3 is 5.32 Å². The van der Waals surface area contributed by atoms with Crippen molar-refractivity contribution in [2.75, 3.05) is 13.6 Å². The summed E-state index contributed by atoms with van der Waals surface area (Å²) in [5.74, 6) is 0. The highest BCUT2D eigenvalue weighted by atomic mass is 15.2. The monoisotopic (exact) mass is 221 g/mol. The summed E-state index contributed by atoms with van der Waals surface area (Å²) in [6.45, 7) is 5.89. The second-order valence-corrected chi connectivity index (χ2v) is 5.95. The average molecular weight is 221 g/mol. The van der Waals surface area contributed by atoms with E-state index in [9.17, 15) is 5.26 Å². The van der Waals surface area contributed by atoms with Crippen molar-refractivity contribution < 1.29 is 0 Å². The van der Waals surface area contributed by atoms with Gasteiger partial charge in [-0.25, -0.2) is 0 Å². The molecule has 3 heteroatoms. The van der Waals surface area contributed by atoms with Crippen LogP contribution in [0.4, 0.5) is 0 Å². The van der Waals surface area contributed by atoms with Gasteiger partial charge in [-0.2, -0.15) is 5.26 Å². The van der Waals surface area contributed by atoms with Gasteiger partial charge in [0.05, 0.1) is 6.07 Å². The van der Waals surface area contributed by atoms with Crippen molar-refractivity contribution in [2.45, 2.75) is 63.1 Å². The molecule has 1 heterocycles. The summed E-state index contributed by atoms with van der Waals surface area (Å²) in [6, 6.07) is 3.07. The van der Waals surface area contributed by atoms with E-state index in [4.69, 9.17) is 0 Å². The van der Waals surface area contributed by atoms with E-state index in [2.05, 4.69) is 30.1 Å². The molecule has 2 aliphatic rings. The number of hydrogen-bond acceptors (Lipinski definition) is 3. The van der Waals surface area contributed by atoms with Crippen LogP contribution in [0.3, 0.4) is 0 Å². The van der Waals surface area contributed by atoms with E-state index < -0.39 is 0 Å². The fourth-order valence-corrected chi connectivity index (χ4v) is 3.48. The molecule has 0 amide bonds. The van der Waals surface area contributed by atoms with E-state index in [1.807, 2.05) is 7.05 Å². The molecular weight excluding hydrogens is 198 g/mol. The number of likely N-dealkylation sites (tertiary alicyclic amines) is 1. The Balaban J connectivity index is 2.07. The summed E-state index contributed by atoms with van der Waals surface area (Å²) in [6.07, 6.45) is 5.75. The van der Waals surface area contributed by atoms with Crippen molar-refractivity contribution in [3.05, 3.63) is 0 Å². The van der Waals surface area contributed by atoms with Crippen molar-refractivity contribution in [3.8, 4) is 6.07 Å². The number of nitriles is 1. The maximum Gasteiger partial charge on any atom is 0.108 e. The third-order valence-electron chi connectivity index (χ3n) is 4.59. The zero-order valence-corrected chi connectivity index (χ0v) is 10.7. The minimum absolute atomic E-state index is 0.261. The van der Waals surface area contributed by atoms with Gasteiger partial charge in [-0.3, -0.25) is 4.90 Å². The molecule has 90 valence electrons. The van der Waals surface area contributed by atoms with Gasteiger partial charge in [-0.1, -0.05) is 0 Å². The molecule has 0 aromatic rings. The van der Waals surface area contributed by atoms with Crippen LogP contribution in [0.2, 0.25) is 0 Å². The molecule has 0 radical (unpaired) electrons. The molecule has 0 aromatic heterocycles. The summed E-state index contributed by atoms with van der Waals surface area (Å²) in [5, 5.41) is 12.5. The van der Waals surface area contributed by atoms with Crippen LogP contribution in [-0.4, -0.2) is 35.6 Å². The lowest BCUT2D eigenvalue weighted by atomic mass is 9.97. The highest BCUT2D eigenvalue weighted by Gasteiger charge is 2.45. The molecule has 1 saturated carbocycles. The smallest absolute Gasteiger partial charge is 0.108 e. The van der Waals surface area contributed by atoms with Gasteiger partial charge in [0.25, 0.3) is 0 Å². The van der Waals surface area contributed by atoms with E-state index in [1.54, 1.807) is 0 Å². The van der Waals surface area contributed by atoms with Crippen LogP contribution in [0, 0.1) is 11.3 Å². The molecule has 3 nitrogen and oxygen atoms in total. The van der Waals surface area contributed by atoms with Gasteiger partial charge in [-0.05, 0) is 59.5 Å². The molecule has 0 spiro atoms. The molecule has 2 atom stereocenters. The predicted molar refractivity (Wildman–Crippen MR) is 65.1 cm³/mol. The van der Waals surface area contributed by atoms with Gasteiger partial charge in [0, 0.05) is 11.6 Å². The van der Waals surface area contributed by atoms with Gasteiger partial charge in [-0.15, -0.1) is 0 Å². The Morgan fingerprint density at radius 3 is 2.56 bits per heavy atom. The molecule has 1 aliphatic heterocycles. The lowest BCUT2D eigenvalue weighted by Crippen LogP contribution is -2.47. The topological polar surface area (TPSA) is 39.1 Å². The fourth-order valence-electron chi connectivity index (χ4n) is 3.48. The molecular formula is C13H23N3. The third kappa shape index (κ3) is 1.85. The Hall–Kier alpha value is -0.590. The van der Waals surface area contributed by atoms with Crippen molar-refractivity contribution >= 4 is 0 Å². The number of nitrogens with one attached hydrogen (secondary N) is 1. The Morgan fingerprint density at radius 1 is 1.38 bits per heavy atom. The number of hydrogen-bond donors (Lipinski definition) is 1. The lowest BCUT2D eigenvalue weighted by Gasteiger charge is -2.37. The van der Waals surface area contributed by atoms with Crippen molar-refractivity contribution in [2.24, 2.45) is 0 Å². The first-order valence-corrected chi connectivity index (χ1v) is 6.40. The van der Waals surface area contributed by atoms with Gasteiger partial charge in [0.1, 0.15) is 5.54 Å². The predicted octanol–water partition coefficient (Wildman–Crippen LogP) is 1.90. The van der Waals surface area contributed by atoms with Crippen LogP contribution < -0.4 is 5.32 Å². The molecule has 1 aliphatic carbocycles. The second kappa shape index (κ2) is 4.01. The zero-order chi connectivity index (χ0) is 11.8. The highest BCUT2D eigenvalue weighted by Crippen LogP contribution is 2.39. The minimum Gasteiger partial charge on any atom is -0.302 e. The first-order chi connectivity index (χ1) is 7.53. The van der Waals surface area contributed by atoms with E-state index in [-0.39, 0.29) is 5.54 Å². The van der Waals surface area contributed by atoms with Gasteiger partial charge in [0.2, 0.25) is 0 Å². The van der Waals surface area contributed by atoms with E-state index in [0.717, 1.165) is 19.3 Å². The summed E-state index contributed by atoms with van der Waals surface area (Å²) in [5.41, 5.74) is 0.0767. The standard InChI is InChI=1S/C13H23N3/c1-12(2)6-4-8-16(12)11-5-7-13(9-11,10-14)15-3/h11,15H,4-9H2,1-3H3. The van der Waals surface area contributed by atoms with Crippen LogP contribution in [0.15, 0.2) is 0 Å². The molecule has 2 unspecified atom stereocenters. The minimum atomic E-state index is -0.261. The van der Waals surface area contributed by atoms with Crippen LogP contribution in [0.1, 0.15) is 46.0 Å². The lowest BCUT2D eigenvalue weighted by molar-refractivity contribution is 0.115. The van der Waals surface area contributed by atoms with Gasteiger partial charge >= 0.3 is 0 Å². The third-order valence-corrected chi connectivity index (χ3v) is 4.59. The maximum atomic E-state index is 9.28. The maximum absolute atomic E-state index is 9.28. The van der Waals surface area contributed by atoms with Crippen molar-refractivity contribution in [1.29, 1.82) is 5.26 Å². The van der Waals surface area contributed by atoms with E-state index >= 15 is 0 Å². The zero-order valence-electron chi connectivity index (χ0n) is 10.7. The molecule has 1 saturated heterocycles. The summed E-state index contributed by atoms with van der Waals surface area (Å²) < 4.78 is 0. The quantitative estimate of drug-likeness (QED) is 0.774. The first-order valence-electron chi connectivity index (χ1n) is 6.40. The van der Waals surface area contributed by atoms with Crippen LogP contribution in [0.5, 0.6) is 0 Å². The highest BCUT2D eigenvalue weighted by molar-refractivity contribution is 5.14. The molecule has 16 heavy (non-hydrogen) atoms. The van der Waals surface area contributed by atoms with E-state index in [1.165, 1.54) is 19.4 Å². The Bertz CT molecular complexity index is 305. The van der Waals surface area contributed by atoms with Crippen LogP contribution in [-0.2, 0) is 0 Å². The summed E-state index contributed by atoms with van der Waals surface area (Å²) in [4.78, 5) is 2.63. The Kier molecular flexibility index (Phi) is 2.98. The van der Waals surface area contributed by atoms with Crippen molar-refractivity contribution in [1.82, 2.24) is 10.2 Å². The largest absolute Gasteiger partial charge is 0.302 e. The summed E-state index contributed by atoms with van der Waals surface area (Å²) in [7, 11) is 1.92. The molecule has 2 rings (SSSR count). The van der Waals surface area contributed by atoms with Gasteiger partial charge in [0.15, 0.2) is 0 Å². The van der Waals surface area contributed by atoms with E-state index in [0.29, 0.717) is 11.6 Å². The fraction of sp³-hybridized carbons (Fsp3) is 0.923. The Morgan fingerprint density at radius 2 is 2.12 bits per heavy atom. The number of nitrogens with zero attached hydrogens (tertiary/aromatic N) is 2. The first kappa shape index (κ1) is 11.9. The molecule has 2 fully saturated rings. The molecule has 1 N–H and O–H groups in total. The van der Waals surface area contributed by atoms with Crippen molar-refractivity contribution in [3.63, 3.8) is 0 Å². The van der Waals surface area contributed by atoms with Crippen LogP contribution >= 0.6 is 0 Å². The normalized spacial score (nSPS) is 38.8. The summed E-state index contributed by atoms with van der Waals surface area (Å²) >= 11 is 0. The molecule has 0 aromatic carbocycles. The average Bonchev–Trinajstić information content (AvgIpc) is 2.82. The second-order valence-electron chi connectivity index (χ2n) is 5.95. The molecule has 0 bridgehead atoms.